The number of aliphatic hydroxyl groups is 2. The van der Waals surface area contributed by atoms with E-state index >= 15 is 0 Å². The van der Waals surface area contributed by atoms with Gasteiger partial charge in [-0.2, -0.15) is 0 Å². The van der Waals surface area contributed by atoms with Gasteiger partial charge < -0.3 is 62.3 Å². The molecule has 15 heteroatoms. The number of aliphatic hydroxyl groups excluding tert-OH is 1. The summed E-state index contributed by atoms with van der Waals surface area (Å²) in [5.41, 5.74) is -0.793. The molecule has 5 aliphatic rings. The van der Waals surface area contributed by atoms with Crippen LogP contribution in [0.5, 0.6) is 0 Å². The monoisotopic (exact) mass is 798 g/mol. The Labute approximate surface area is 331 Å². The highest BCUT2D eigenvalue weighted by molar-refractivity contribution is 5.86. The lowest BCUT2D eigenvalue weighted by atomic mass is 9.77. The van der Waals surface area contributed by atoms with Crippen LogP contribution in [-0.2, 0) is 61.7 Å². The number of hydrogen-bond acceptors (Lipinski definition) is 15. The second-order valence-corrected chi connectivity index (χ2v) is 17.0. The molecule has 5 rings (SSSR count). The second-order valence-electron chi connectivity index (χ2n) is 17.0. The minimum absolute atomic E-state index is 0.0810. The van der Waals surface area contributed by atoms with Gasteiger partial charge in [-0.3, -0.25) is 9.59 Å². The molecule has 0 aromatic heterocycles. The van der Waals surface area contributed by atoms with Gasteiger partial charge in [0.15, 0.2) is 18.4 Å². The number of esters is 1. The Kier molecular flexibility index (Phi) is 15.4. The van der Waals surface area contributed by atoms with Crippen molar-refractivity contribution in [2.75, 3.05) is 35.0 Å². The first kappa shape index (κ1) is 45.2. The van der Waals surface area contributed by atoms with Crippen LogP contribution in [0.1, 0.15) is 74.1 Å². The van der Waals surface area contributed by atoms with Crippen molar-refractivity contribution in [3.8, 4) is 0 Å². The van der Waals surface area contributed by atoms with Crippen molar-refractivity contribution in [2.24, 2.45) is 23.2 Å². The Morgan fingerprint density at radius 1 is 0.821 bits per heavy atom. The lowest BCUT2D eigenvalue weighted by Crippen LogP contribution is -2.63. The number of hydrogen-bond donors (Lipinski definition) is 2. The van der Waals surface area contributed by atoms with Crippen molar-refractivity contribution in [3.05, 3.63) is 24.3 Å². The summed E-state index contributed by atoms with van der Waals surface area (Å²) in [6.07, 6.45) is -2.51. The molecule has 5 saturated heterocycles. The van der Waals surface area contributed by atoms with E-state index < -0.39 is 115 Å². The molecule has 0 aliphatic carbocycles. The van der Waals surface area contributed by atoms with Gasteiger partial charge in [0.25, 0.3) is 0 Å². The molecule has 320 valence electrons. The number of carbonyl (C=O) groups is 2. The molecule has 0 spiro atoms. The van der Waals surface area contributed by atoms with Crippen LogP contribution in [0.15, 0.2) is 24.3 Å². The largest absolute Gasteiger partial charge is 0.457 e. The molecule has 4 bridgehead atoms. The summed E-state index contributed by atoms with van der Waals surface area (Å²) in [5.74, 6) is -3.57. The summed E-state index contributed by atoms with van der Waals surface area (Å²) in [7, 11) is 6.02. The fourth-order valence-electron chi connectivity index (χ4n) is 8.54. The summed E-state index contributed by atoms with van der Waals surface area (Å²) in [6, 6.07) is 0. The maximum atomic E-state index is 14.0. The first-order valence-electron chi connectivity index (χ1n) is 20.0. The van der Waals surface area contributed by atoms with Crippen molar-refractivity contribution in [2.45, 2.75) is 166 Å². The van der Waals surface area contributed by atoms with Gasteiger partial charge >= 0.3 is 5.97 Å². The molecule has 0 unspecified atom stereocenters. The van der Waals surface area contributed by atoms with E-state index in [4.69, 9.17) is 52.1 Å². The van der Waals surface area contributed by atoms with Crippen LogP contribution in [0.4, 0.5) is 0 Å². The Balaban J connectivity index is 1.40. The maximum absolute atomic E-state index is 14.0. The van der Waals surface area contributed by atoms with Gasteiger partial charge in [0, 0.05) is 58.5 Å². The SMILES string of the molecule is CO[C@@H]1[C@H](O[C@@H]2[C@@H](OC)[C@H](O[C@H]3C[C@H]4CC(=O)[C@]5(O)O[C@H](C[C@H]5C)C(C)(C)[C@@H](/C=C/C=C/C(C)C)OC(=O)C[C@H](O4)[C@@H]3C)OC[C@H]2OC)O[C@@H](C)[C@@H](O)[C@H]1OC. The predicted octanol–water partition coefficient (Wildman–Crippen LogP) is 3.26. The lowest BCUT2D eigenvalue weighted by molar-refractivity contribution is -0.358. The van der Waals surface area contributed by atoms with Crippen LogP contribution in [0, 0.1) is 23.2 Å². The first-order valence-corrected chi connectivity index (χ1v) is 20.0. The third-order valence-corrected chi connectivity index (χ3v) is 12.3. The van der Waals surface area contributed by atoms with Crippen molar-refractivity contribution in [1.82, 2.24) is 0 Å². The molecule has 56 heavy (non-hydrogen) atoms. The Bertz CT molecular complexity index is 1370. The minimum atomic E-state index is -2.05. The zero-order valence-corrected chi connectivity index (χ0v) is 34.9. The number of carbonyl (C=O) groups excluding carboxylic acids is 2. The smallest absolute Gasteiger partial charge is 0.309 e. The van der Waals surface area contributed by atoms with Gasteiger partial charge in [0.05, 0.1) is 43.5 Å². The van der Waals surface area contributed by atoms with Crippen molar-refractivity contribution >= 4 is 11.8 Å². The summed E-state index contributed by atoms with van der Waals surface area (Å²) < 4.78 is 67.5. The van der Waals surface area contributed by atoms with E-state index in [0.29, 0.717) is 12.3 Å². The lowest BCUT2D eigenvalue weighted by Gasteiger charge is -2.48. The summed E-state index contributed by atoms with van der Waals surface area (Å²) in [5, 5.41) is 22.5. The van der Waals surface area contributed by atoms with Crippen LogP contribution in [0.2, 0.25) is 0 Å². The van der Waals surface area contributed by atoms with E-state index in [-0.39, 0.29) is 31.8 Å². The van der Waals surface area contributed by atoms with Gasteiger partial charge in [0.2, 0.25) is 5.79 Å². The fourth-order valence-corrected chi connectivity index (χ4v) is 8.54. The van der Waals surface area contributed by atoms with Crippen LogP contribution >= 0.6 is 0 Å². The molecule has 0 radical (unpaired) electrons. The van der Waals surface area contributed by atoms with E-state index in [1.54, 1.807) is 13.8 Å². The van der Waals surface area contributed by atoms with E-state index in [9.17, 15) is 19.8 Å². The van der Waals surface area contributed by atoms with E-state index in [1.165, 1.54) is 28.4 Å². The molecule has 0 saturated carbocycles. The van der Waals surface area contributed by atoms with Crippen molar-refractivity contribution in [1.29, 1.82) is 0 Å². The van der Waals surface area contributed by atoms with Crippen molar-refractivity contribution < 1.29 is 71.9 Å². The molecule has 0 aromatic carbocycles. The second kappa shape index (κ2) is 19.0. The number of cyclic esters (lactones) is 1. The van der Waals surface area contributed by atoms with Crippen LogP contribution in [0.25, 0.3) is 0 Å². The third-order valence-electron chi connectivity index (χ3n) is 12.3. The average Bonchev–Trinajstić information content (AvgIpc) is 3.47. The number of rotatable bonds is 11. The van der Waals surface area contributed by atoms with Crippen LogP contribution in [0.3, 0.4) is 0 Å². The molecule has 17 atom stereocenters. The highest BCUT2D eigenvalue weighted by Crippen LogP contribution is 2.46. The number of fused-ring (bicyclic) bond motifs is 4. The molecule has 0 amide bonds. The quantitative estimate of drug-likeness (QED) is 0.230. The van der Waals surface area contributed by atoms with Gasteiger partial charge in [-0.25, -0.2) is 0 Å². The van der Waals surface area contributed by atoms with E-state index in [0.717, 1.165) is 0 Å². The van der Waals surface area contributed by atoms with E-state index in [1.807, 2.05) is 45.1 Å². The number of methoxy groups -OCH3 is 4. The zero-order chi connectivity index (χ0) is 41.1. The topological polar surface area (TPSA) is 176 Å². The van der Waals surface area contributed by atoms with Crippen LogP contribution in [-0.4, -0.2) is 149 Å². The molecule has 2 N–H and O–H groups in total. The average molecular weight is 799 g/mol. The zero-order valence-electron chi connectivity index (χ0n) is 34.9. The molecule has 5 aliphatic heterocycles. The first-order chi connectivity index (χ1) is 26.5. The summed E-state index contributed by atoms with van der Waals surface area (Å²) in [4.78, 5) is 27.8. The molecule has 0 aromatic rings. The predicted molar refractivity (Wildman–Crippen MR) is 200 cm³/mol. The molecule has 5 fully saturated rings. The summed E-state index contributed by atoms with van der Waals surface area (Å²) >= 11 is 0. The van der Waals surface area contributed by atoms with Crippen molar-refractivity contribution in [3.63, 3.8) is 0 Å². The fraction of sp³-hybridized carbons (Fsp3) is 0.854. The molecular weight excluding hydrogens is 732 g/mol. The maximum Gasteiger partial charge on any atom is 0.309 e. The molecule has 15 nitrogen and oxygen atoms in total. The Morgan fingerprint density at radius 2 is 1.50 bits per heavy atom. The highest BCUT2D eigenvalue weighted by Gasteiger charge is 2.57. The number of allylic oxidation sites excluding steroid dienone is 3. The summed E-state index contributed by atoms with van der Waals surface area (Å²) in [6.45, 7) is 13.5. The number of Topliss-reactive ketones (excluding diaryl/α,β-unsaturated/α-hetero) is 1. The van der Waals surface area contributed by atoms with Gasteiger partial charge in [0.1, 0.15) is 42.7 Å². The minimum Gasteiger partial charge on any atom is -0.457 e. The Morgan fingerprint density at radius 3 is 2.14 bits per heavy atom. The third kappa shape index (κ3) is 9.61. The van der Waals surface area contributed by atoms with Gasteiger partial charge in [-0.05, 0) is 25.3 Å². The molecular formula is C41H66O15. The highest BCUT2D eigenvalue weighted by atomic mass is 16.8. The number of ketones is 1. The van der Waals surface area contributed by atoms with Gasteiger partial charge in [-0.1, -0.05) is 59.8 Å². The normalized spacial score (nSPS) is 45.1. The van der Waals surface area contributed by atoms with E-state index in [2.05, 4.69) is 13.8 Å². The van der Waals surface area contributed by atoms with Gasteiger partial charge in [-0.15, -0.1) is 0 Å². The van der Waals surface area contributed by atoms with Crippen LogP contribution < -0.4 is 0 Å². The Hall–Kier alpha value is -1.86. The standard InChI is InChI=1S/C41H66O15/c1-21(2)14-12-13-15-30-40(6,7)31-16-22(3)41(45,56-31)29(42)18-25-17-26(23(4)27(52-25)19-32(43)54-30)53-38-36(48-10)34(28(46-8)20-50-38)55-39-37(49-11)35(47-9)33(44)24(5)51-39/h12-15,21-28,30-31,33-39,44-45H,16-20H2,1-11H3/b14-12+,15-13+/t22-,23-,24+,25+,26+,27+,28-,30-,31-,33-,34+,35-,36-,37+,38+,39+,41-/m1/s1. The number of ether oxygens (including phenoxy) is 11. The molecule has 5 heterocycles.